The molecule has 0 saturated heterocycles. The van der Waals surface area contributed by atoms with Crippen LogP contribution in [0.15, 0.2) is 126 Å². The van der Waals surface area contributed by atoms with E-state index in [0.717, 1.165) is 16.7 Å². The van der Waals surface area contributed by atoms with E-state index in [0.29, 0.717) is 4.90 Å². The van der Waals surface area contributed by atoms with Gasteiger partial charge in [0.2, 0.25) is 11.8 Å². The molecule has 0 spiro atoms. The van der Waals surface area contributed by atoms with Gasteiger partial charge in [-0.2, -0.15) is 0 Å². The lowest BCUT2D eigenvalue weighted by atomic mass is 9.67. The van der Waals surface area contributed by atoms with Gasteiger partial charge in [-0.05, 0) is 35.2 Å². The van der Waals surface area contributed by atoms with Crippen LogP contribution in [-0.4, -0.2) is 27.8 Å². The van der Waals surface area contributed by atoms with Crippen molar-refractivity contribution in [3.05, 3.63) is 138 Å². The highest BCUT2D eigenvalue weighted by Gasteiger charge is 2.39. The lowest BCUT2D eigenvalue weighted by molar-refractivity contribution is -0.127. The van der Waals surface area contributed by atoms with Crippen LogP contribution in [0.1, 0.15) is 29.5 Å². The van der Waals surface area contributed by atoms with Crippen LogP contribution in [0.5, 0.6) is 0 Å². The molecule has 2 atom stereocenters. The average Bonchev–Trinajstić information content (AvgIpc) is 2.95. The van der Waals surface area contributed by atoms with Gasteiger partial charge in [0.25, 0.3) is 0 Å². The van der Waals surface area contributed by atoms with E-state index in [1.807, 2.05) is 109 Å². The number of amides is 2. The smallest absolute Gasteiger partial charge is 0.240 e. The first-order valence-electron chi connectivity index (χ1n) is 12.2. The monoisotopic (exact) mass is 510 g/mol. The standard InChI is InChI=1S/C31H30N2O3S/c32-30(35)28(21-22-37(36)27-19-11-4-12-20-27)33-29(34)23-31(24-13-5-1-6-14-24,25-15-7-2-8-16-25)26-17-9-3-10-18-26/h1-20,28H,21-23H2,(H2,32,35)(H,33,34)/t28-,37+/m0/s1. The molecular formula is C31H30N2O3S. The second kappa shape index (κ2) is 12.3. The zero-order chi connectivity index (χ0) is 26.1. The van der Waals surface area contributed by atoms with Crippen molar-refractivity contribution in [1.82, 2.24) is 5.32 Å². The second-order valence-electron chi connectivity index (χ2n) is 8.85. The van der Waals surface area contributed by atoms with Crippen LogP contribution in [0, 0.1) is 0 Å². The Kier molecular flexibility index (Phi) is 8.64. The Bertz CT molecular complexity index is 1230. The third-order valence-electron chi connectivity index (χ3n) is 6.50. The molecular weight excluding hydrogens is 480 g/mol. The lowest BCUT2D eigenvalue weighted by Crippen LogP contribution is -2.47. The topological polar surface area (TPSA) is 89.3 Å². The number of rotatable bonds is 11. The van der Waals surface area contributed by atoms with Crippen molar-refractivity contribution in [2.24, 2.45) is 5.73 Å². The predicted molar refractivity (Wildman–Crippen MR) is 147 cm³/mol. The summed E-state index contributed by atoms with van der Waals surface area (Å²) >= 11 is 0. The first-order chi connectivity index (χ1) is 18.0. The number of benzene rings is 4. The first kappa shape index (κ1) is 26.0. The fourth-order valence-corrected chi connectivity index (χ4v) is 5.81. The zero-order valence-corrected chi connectivity index (χ0v) is 21.3. The molecule has 0 bridgehead atoms. The van der Waals surface area contributed by atoms with E-state index >= 15 is 0 Å². The molecule has 0 heterocycles. The van der Waals surface area contributed by atoms with Crippen LogP contribution < -0.4 is 11.1 Å². The lowest BCUT2D eigenvalue weighted by Gasteiger charge is -2.36. The third kappa shape index (κ3) is 6.22. The Labute approximate surface area is 220 Å². The van der Waals surface area contributed by atoms with Crippen molar-refractivity contribution < 1.29 is 13.8 Å². The fourth-order valence-electron chi connectivity index (χ4n) is 4.66. The summed E-state index contributed by atoms with van der Waals surface area (Å²) in [6.07, 6.45) is 0.244. The van der Waals surface area contributed by atoms with Crippen LogP contribution in [-0.2, 0) is 25.8 Å². The van der Waals surface area contributed by atoms with Crippen LogP contribution in [0.2, 0.25) is 0 Å². The summed E-state index contributed by atoms with van der Waals surface area (Å²) in [5, 5.41) is 2.84. The van der Waals surface area contributed by atoms with E-state index < -0.39 is 28.2 Å². The summed E-state index contributed by atoms with van der Waals surface area (Å²) in [5.41, 5.74) is 7.75. The number of carbonyl (C=O) groups excluding carboxylic acids is 2. The van der Waals surface area contributed by atoms with Crippen molar-refractivity contribution in [3.8, 4) is 0 Å². The number of carbonyl (C=O) groups is 2. The Morgan fingerprint density at radius 3 is 1.51 bits per heavy atom. The molecule has 0 aliphatic rings. The van der Waals surface area contributed by atoms with E-state index in [2.05, 4.69) is 5.32 Å². The van der Waals surface area contributed by atoms with Gasteiger partial charge in [-0.1, -0.05) is 109 Å². The number of nitrogens with one attached hydrogen (secondary N) is 1. The Morgan fingerprint density at radius 1 is 0.703 bits per heavy atom. The molecule has 4 aromatic carbocycles. The van der Waals surface area contributed by atoms with Crippen molar-refractivity contribution in [3.63, 3.8) is 0 Å². The van der Waals surface area contributed by atoms with Crippen molar-refractivity contribution in [1.29, 1.82) is 0 Å². The SMILES string of the molecule is NC(=O)[C@H](CC[S@@](=O)c1ccccc1)NC(=O)CC(c1ccccc1)(c1ccccc1)c1ccccc1. The molecule has 2 amide bonds. The Hall–Kier alpha value is -4.03. The second-order valence-corrected chi connectivity index (χ2v) is 10.4. The quantitative estimate of drug-likeness (QED) is 0.290. The molecule has 0 aromatic heterocycles. The van der Waals surface area contributed by atoms with Gasteiger partial charge in [0.1, 0.15) is 6.04 Å². The van der Waals surface area contributed by atoms with Crippen molar-refractivity contribution >= 4 is 22.6 Å². The van der Waals surface area contributed by atoms with Gasteiger partial charge in [0.05, 0.1) is 16.2 Å². The van der Waals surface area contributed by atoms with Gasteiger partial charge in [0.15, 0.2) is 0 Å². The molecule has 5 nitrogen and oxygen atoms in total. The molecule has 188 valence electrons. The summed E-state index contributed by atoms with van der Waals surface area (Å²) in [7, 11) is -1.30. The highest BCUT2D eigenvalue weighted by molar-refractivity contribution is 7.85. The van der Waals surface area contributed by atoms with Gasteiger partial charge < -0.3 is 11.1 Å². The molecule has 4 aromatic rings. The fraction of sp³-hybridized carbons (Fsp3) is 0.161. The summed E-state index contributed by atoms with van der Waals surface area (Å²) in [6.45, 7) is 0. The Balaban J connectivity index is 1.63. The first-order valence-corrected chi connectivity index (χ1v) is 13.5. The molecule has 3 N–H and O–H groups in total. The largest absolute Gasteiger partial charge is 0.368 e. The predicted octanol–water partition coefficient (Wildman–Crippen LogP) is 4.58. The number of hydrogen-bond donors (Lipinski definition) is 2. The van der Waals surface area contributed by atoms with Crippen LogP contribution in [0.3, 0.4) is 0 Å². The maximum absolute atomic E-state index is 13.6. The summed E-state index contributed by atoms with van der Waals surface area (Å²) in [5.74, 6) is -0.756. The minimum Gasteiger partial charge on any atom is -0.368 e. The van der Waals surface area contributed by atoms with Crippen LogP contribution in [0.25, 0.3) is 0 Å². The molecule has 0 saturated carbocycles. The highest BCUT2D eigenvalue weighted by Crippen LogP contribution is 2.42. The molecule has 6 heteroatoms. The molecule has 0 fully saturated rings. The minimum atomic E-state index is -1.30. The van der Waals surface area contributed by atoms with Crippen LogP contribution in [0.4, 0.5) is 0 Å². The molecule has 37 heavy (non-hydrogen) atoms. The van der Waals surface area contributed by atoms with Gasteiger partial charge in [-0.25, -0.2) is 0 Å². The van der Waals surface area contributed by atoms with Gasteiger partial charge in [0, 0.05) is 17.1 Å². The number of hydrogen-bond acceptors (Lipinski definition) is 3. The van der Waals surface area contributed by atoms with E-state index in [4.69, 9.17) is 5.73 Å². The summed E-state index contributed by atoms with van der Waals surface area (Å²) < 4.78 is 12.7. The van der Waals surface area contributed by atoms with Crippen LogP contribution >= 0.6 is 0 Å². The minimum absolute atomic E-state index is 0.0661. The van der Waals surface area contributed by atoms with E-state index in [-0.39, 0.29) is 24.5 Å². The normalized spacial score (nSPS) is 12.9. The van der Waals surface area contributed by atoms with Gasteiger partial charge in [-0.15, -0.1) is 0 Å². The summed E-state index contributed by atoms with van der Waals surface area (Å²) in [6, 6.07) is 37.8. The zero-order valence-electron chi connectivity index (χ0n) is 20.5. The van der Waals surface area contributed by atoms with E-state index in [1.54, 1.807) is 12.1 Å². The summed E-state index contributed by atoms with van der Waals surface area (Å²) in [4.78, 5) is 26.6. The average molecular weight is 511 g/mol. The van der Waals surface area contributed by atoms with Crippen molar-refractivity contribution in [2.45, 2.75) is 29.2 Å². The number of primary amides is 1. The highest BCUT2D eigenvalue weighted by atomic mass is 32.2. The Morgan fingerprint density at radius 2 is 1.11 bits per heavy atom. The van der Waals surface area contributed by atoms with Gasteiger partial charge in [-0.3, -0.25) is 13.8 Å². The molecule has 0 aliphatic heterocycles. The third-order valence-corrected chi connectivity index (χ3v) is 7.91. The number of nitrogens with two attached hydrogens (primary N) is 1. The maximum Gasteiger partial charge on any atom is 0.240 e. The molecule has 0 unspecified atom stereocenters. The maximum atomic E-state index is 13.6. The molecule has 4 rings (SSSR count). The van der Waals surface area contributed by atoms with E-state index in [9.17, 15) is 13.8 Å². The van der Waals surface area contributed by atoms with Gasteiger partial charge >= 0.3 is 0 Å². The molecule has 0 aliphatic carbocycles. The van der Waals surface area contributed by atoms with Crippen molar-refractivity contribution in [2.75, 3.05) is 5.75 Å². The van der Waals surface area contributed by atoms with E-state index in [1.165, 1.54) is 0 Å². The molecule has 0 radical (unpaired) electrons.